The van der Waals surface area contributed by atoms with Gasteiger partial charge >= 0.3 is 5.69 Å². The summed E-state index contributed by atoms with van der Waals surface area (Å²) in [7, 11) is 0. The van der Waals surface area contributed by atoms with E-state index in [1.807, 2.05) is 37.3 Å². The van der Waals surface area contributed by atoms with E-state index in [9.17, 15) is 14.4 Å². The molecule has 0 aliphatic carbocycles. The van der Waals surface area contributed by atoms with Crippen LogP contribution in [0.5, 0.6) is 0 Å². The van der Waals surface area contributed by atoms with Crippen LogP contribution < -0.4 is 21.9 Å². The number of rotatable bonds is 7. The Morgan fingerprint density at radius 1 is 1.32 bits per heavy atom. The van der Waals surface area contributed by atoms with Gasteiger partial charge in [0.05, 0.1) is 6.54 Å². The largest absolute Gasteiger partial charge is 0.383 e. The zero-order chi connectivity index (χ0) is 20.1. The maximum atomic E-state index is 13.2. The fourth-order valence-electron chi connectivity index (χ4n) is 3.36. The molecule has 8 heteroatoms. The summed E-state index contributed by atoms with van der Waals surface area (Å²) < 4.78 is 6.86. The molecule has 3 rings (SSSR count). The highest BCUT2D eigenvalue weighted by molar-refractivity contribution is 5.98. The van der Waals surface area contributed by atoms with Crippen LogP contribution in [0, 0.1) is 0 Å². The average molecular weight is 386 g/mol. The number of benzene rings is 1. The standard InChI is InChI=1S/C20H26N4O4/c1-2-3-11-23-17(21)16(18(25)22-20(23)27)24(13-14-8-5-4-6-9-14)19(26)15-10-7-12-28-15/h4-6,8-9,15H,2-3,7,10-13,21H2,1H3,(H,22,25,27). The monoisotopic (exact) mass is 386 g/mol. The lowest BCUT2D eigenvalue weighted by Gasteiger charge is -2.26. The third kappa shape index (κ3) is 4.17. The lowest BCUT2D eigenvalue weighted by Crippen LogP contribution is -2.44. The summed E-state index contributed by atoms with van der Waals surface area (Å²) in [5.74, 6) is -0.316. The number of aromatic nitrogens is 2. The van der Waals surface area contributed by atoms with Gasteiger partial charge in [0.2, 0.25) is 0 Å². The van der Waals surface area contributed by atoms with Gasteiger partial charge in [0.15, 0.2) is 5.69 Å². The Morgan fingerprint density at radius 3 is 2.71 bits per heavy atom. The molecule has 1 aromatic heterocycles. The normalized spacial score (nSPS) is 16.2. The topological polar surface area (TPSA) is 110 Å². The number of amides is 1. The highest BCUT2D eigenvalue weighted by atomic mass is 16.5. The number of hydrogen-bond acceptors (Lipinski definition) is 5. The van der Waals surface area contributed by atoms with Crippen LogP contribution >= 0.6 is 0 Å². The Bertz CT molecular complexity index is 929. The van der Waals surface area contributed by atoms with Crippen molar-refractivity contribution < 1.29 is 9.53 Å². The Morgan fingerprint density at radius 2 is 2.07 bits per heavy atom. The van der Waals surface area contributed by atoms with Crippen LogP contribution in [0.1, 0.15) is 38.2 Å². The molecule has 8 nitrogen and oxygen atoms in total. The molecule has 1 aromatic carbocycles. The number of anilines is 2. The van der Waals surface area contributed by atoms with Crippen LogP contribution in [0.4, 0.5) is 11.5 Å². The Balaban J connectivity index is 2.07. The second kappa shape index (κ2) is 8.88. The minimum Gasteiger partial charge on any atom is -0.383 e. The van der Waals surface area contributed by atoms with Crippen molar-refractivity contribution in [1.82, 2.24) is 9.55 Å². The highest BCUT2D eigenvalue weighted by Crippen LogP contribution is 2.24. The first-order chi connectivity index (χ1) is 13.5. The molecule has 28 heavy (non-hydrogen) atoms. The van der Waals surface area contributed by atoms with E-state index in [2.05, 4.69) is 4.98 Å². The number of carbonyl (C=O) groups excluding carboxylic acids is 1. The predicted octanol–water partition coefficient (Wildman–Crippen LogP) is 1.63. The van der Waals surface area contributed by atoms with Gasteiger partial charge in [-0.1, -0.05) is 43.7 Å². The van der Waals surface area contributed by atoms with Gasteiger partial charge < -0.3 is 10.5 Å². The predicted molar refractivity (Wildman–Crippen MR) is 107 cm³/mol. The number of aromatic amines is 1. The van der Waals surface area contributed by atoms with E-state index in [0.29, 0.717) is 19.6 Å². The van der Waals surface area contributed by atoms with Crippen molar-refractivity contribution in [2.45, 2.75) is 51.8 Å². The molecule has 3 N–H and O–H groups in total. The number of H-pyrrole nitrogens is 1. The maximum Gasteiger partial charge on any atom is 0.330 e. The van der Waals surface area contributed by atoms with Crippen LogP contribution in [-0.2, 0) is 22.6 Å². The van der Waals surface area contributed by atoms with Crippen LogP contribution in [0.25, 0.3) is 0 Å². The number of hydrogen-bond donors (Lipinski definition) is 2. The van der Waals surface area contributed by atoms with E-state index >= 15 is 0 Å². The molecule has 150 valence electrons. The van der Waals surface area contributed by atoms with Crippen molar-refractivity contribution in [2.75, 3.05) is 17.2 Å². The summed E-state index contributed by atoms with van der Waals surface area (Å²) in [5, 5.41) is 0. The van der Waals surface area contributed by atoms with Crippen molar-refractivity contribution in [1.29, 1.82) is 0 Å². The highest BCUT2D eigenvalue weighted by Gasteiger charge is 2.32. The first-order valence-electron chi connectivity index (χ1n) is 9.62. The van der Waals surface area contributed by atoms with E-state index in [4.69, 9.17) is 10.5 Å². The minimum atomic E-state index is -0.669. The van der Waals surface area contributed by atoms with Gasteiger partial charge in [-0.2, -0.15) is 0 Å². The zero-order valence-corrected chi connectivity index (χ0v) is 16.0. The van der Waals surface area contributed by atoms with Gasteiger partial charge in [-0.15, -0.1) is 0 Å². The smallest absolute Gasteiger partial charge is 0.330 e. The average Bonchev–Trinajstić information content (AvgIpc) is 3.22. The molecular formula is C20H26N4O4. The summed E-state index contributed by atoms with van der Waals surface area (Å²) >= 11 is 0. The van der Waals surface area contributed by atoms with Crippen LogP contribution in [0.3, 0.4) is 0 Å². The zero-order valence-electron chi connectivity index (χ0n) is 16.0. The quantitative estimate of drug-likeness (QED) is 0.751. The molecule has 0 spiro atoms. The molecule has 0 saturated carbocycles. The molecule has 1 fully saturated rings. The van der Waals surface area contributed by atoms with Gasteiger partial charge in [0, 0.05) is 13.2 Å². The van der Waals surface area contributed by atoms with Crippen LogP contribution in [0.2, 0.25) is 0 Å². The Kier molecular flexibility index (Phi) is 6.30. The van der Waals surface area contributed by atoms with Crippen molar-refractivity contribution >= 4 is 17.4 Å². The molecule has 1 aliphatic rings. The van der Waals surface area contributed by atoms with Gasteiger partial charge in [0.25, 0.3) is 11.5 Å². The van der Waals surface area contributed by atoms with E-state index in [-0.39, 0.29) is 24.0 Å². The number of ether oxygens (including phenoxy) is 1. The number of carbonyl (C=O) groups is 1. The van der Waals surface area contributed by atoms with Crippen molar-refractivity contribution in [3.8, 4) is 0 Å². The molecule has 0 bridgehead atoms. The van der Waals surface area contributed by atoms with Crippen molar-refractivity contribution in [3.63, 3.8) is 0 Å². The minimum absolute atomic E-state index is 0.0000520. The molecule has 1 unspecified atom stereocenters. The van der Waals surface area contributed by atoms with E-state index < -0.39 is 17.4 Å². The third-order valence-corrected chi connectivity index (χ3v) is 4.87. The molecule has 1 saturated heterocycles. The van der Waals surface area contributed by atoms with Gasteiger partial charge in [-0.05, 0) is 24.8 Å². The molecule has 1 amide bonds. The third-order valence-electron chi connectivity index (χ3n) is 4.87. The fraction of sp³-hybridized carbons (Fsp3) is 0.450. The fourth-order valence-corrected chi connectivity index (χ4v) is 3.36. The molecular weight excluding hydrogens is 360 g/mol. The summed E-state index contributed by atoms with van der Waals surface area (Å²) in [6.45, 7) is 3.05. The van der Waals surface area contributed by atoms with Crippen LogP contribution in [-0.4, -0.2) is 28.2 Å². The summed E-state index contributed by atoms with van der Waals surface area (Å²) in [6, 6.07) is 9.34. The lowest BCUT2D eigenvalue weighted by atomic mass is 10.1. The van der Waals surface area contributed by atoms with Crippen molar-refractivity contribution in [2.24, 2.45) is 0 Å². The number of nitrogens with one attached hydrogen (secondary N) is 1. The first-order valence-corrected chi connectivity index (χ1v) is 9.62. The Hall–Kier alpha value is -2.87. The Labute approximate surface area is 162 Å². The summed E-state index contributed by atoms with van der Waals surface area (Å²) in [4.78, 5) is 41.7. The van der Waals surface area contributed by atoms with Crippen molar-refractivity contribution in [3.05, 3.63) is 56.7 Å². The SMILES string of the molecule is CCCCn1c(N)c(N(Cc2ccccc2)C(=O)C2CCCO2)c(=O)[nH]c1=O. The van der Waals surface area contributed by atoms with Gasteiger partial charge in [0.1, 0.15) is 11.9 Å². The number of unbranched alkanes of at least 4 members (excludes halogenated alkanes) is 1. The molecule has 0 radical (unpaired) electrons. The second-order valence-corrected chi connectivity index (χ2v) is 6.91. The number of nitrogens with zero attached hydrogens (tertiary/aromatic N) is 2. The first kappa shape index (κ1) is 19.9. The van der Waals surface area contributed by atoms with E-state index in [1.54, 1.807) is 0 Å². The molecule has 2 heterocycles. The number of nitrogen functional groups attached to an aromatic ring is 1. The summed E-state index contributed by atoms with van der Waals surface area (Å²) in [6.07, 6.45) is 2.37. The van der Waals surface area contributed by atoms with E-state index in [1.165, 1.54) is 9.47 Å². The molecule has 2 aromatic rings. The van der Waals surface area contributed by atoms with Gasteiger partial charge in [-0.3, -0.25) is 24.0 Å². The molecule has 1 atom stereocenters. The molecule has 1 aliphatic heterocycles. The van der Waals surface area contributed by atoms with Crippen LogP contribution in [0.15, 0.2) is 39.9 Å². The second-order valence-electron chi connectivity index (χ2n) is 6.91. The maximum absolute atomic E-state index is 13.2. The summed E-state index contributed by atoms with van der Waals surface area (Å²) in [5.41, 5.74) is 5.84. The lowest BCUT2D eigenvalue weighted by molar-refractivity contribution is -0.127. The van der Waals surface area contributed by atoms with Gasteiger partial charge in [-0.25, -0.2) is 4.79 Å². The number of nitrogens with two attached hydrogens (primary N) is 1. The van der Waals surface area contributed by atoms with E-state index in [0.717, 1.165) is 24.8 Å².